The molecule has 0 radical (unpaired) electrons. The van der Waals surface area contributed by atoms with E-state index in [0.717, 1.165) is 12.8 Å². The smallest absolute Gasteiger partial charge is 0.310 e. The van der Waals surface area contributed by atoms with Crippen LogP contribution in [-0.4, -0.2) is 28.9 Å². The van der Waals surface area contributed by atoms with Crippen LogP contribution in [0.25, 0.3) is 0 Å². The molecule has 0 rings (SSSR count). The van der Waals surface area contributed by atoms with Gasteiger partial charge >= 0.3 is 5.97 Å². The van der Waals surface area contributed by atoms with E-state index in [4.69, 9.17) is 0 Å². The van der Waals surface area contributed by atoms with Gasteiger partial charge in [-0.15, -0.1) is 0 Å². The molecule has 0 aliphatic rings. The maximum absolute atomic E-state index is 11.4. The number of carbonyl (C=O) groups excluding carboxylic acids is 1. The molecule has 4 nitrogen and oxygen atoms in total. The summed E-state index contributed by atoms with van der Waals surface area (Å²) in [6.07, 6.45) is 33.1. The third kappa shape index (κ3) is 23.9. The van der Waals surface area contributed by atoms with Gasteiger partial charge in [-0.1, -0.05) is 148 Å². The summed E-state index contributed by atoms with van der Waals surface area (Å²) >= 11 is 0. The van der Waals surface area contributed by atoms with E-state index in [0.29, 0.717) is 12.3 Å². The Labute approximate surface area is 237 Å². The third-order valence-electron chi connectivity index (χ3n) is 7.86. The van der Waals surface area contributed by atoms with Crippen molar-refractivity contribution in [3.8, 4) is 0 Å². The van der Waals surface area contributed by atoms with Crippen LogP contribution in [0.4, 0.5) is 0 Å². The van der Waals surface area contributed by atoms with Gasteiger partial charge in [-0.05, 0) is 33.1 Å². The average molecular weight is 536 g/mol. The summed E-state index contributed by atoms with van der Waals surface area (Å²) in [4.78, 5) is 22.2. The van der Waals surface area contributed by atoms with Crippen molar-refractivity contribution in [1.82, 2.24) is 5.32 Å². The summed E-state index contributed by atoms with van der Waals surface area (Å²) in [5.74, 6) is -1.63. The van der Waals surface area contributed by atoms with Gasteiger partial charge < -0.3 is 15.2 Å². The fourth-order valence-electron chi connectivity index (χ4n) is 5.40. The Morgan fingerprint density at radius 1 is 0.711 bits per heavy atom. The molecule has 0 amide bonds. The van der Waals surface area contributed by atoms with Crippen molar-refractivity contribution in [3.05, 3.63) is 12.2 Å². The summed E-state index contributed by atoms with van der Waals surface area (Å²) in [7, 11) is 0. The van der Waals surface area contributed by atoms with Crippen LogP contribution in [0.2, 0.25) is 0 Å². The van der Waals surface area contributed by atoms with Crippen LogP contribution >= 0.6 is 0 Å². The van der Waals surface area contributed by atoms with E-state index >= 15 is 0 Å². The van der Waals surface area contributed by atoms with Gasteiger partial charge in [0.2, 0.25) is 0 Å². The molecule has 0 saturated heterocycles. The molecule has 0 aromatic rings. The van der Waals surface area contributed by atoms with Crippen LogP contribution < -0.4 is 5.32 Å². The maximum Gasteiger partial charge on any atom is 0.310 e. The van der Waals surface area contributed by atoms with Gasteiger partial charge in [0.15, 0.2) is 0 Å². The molecule has 0 spiro atoms. The van der Waals surface area contributed by atoms with Crippen LogP contribution in [0.1, 0.15) is 175 Å². The first-order valence-electron chi connectivity index (χ1n) is 16.5. The molecule has 38 heavy (non-hydrogen) atoms. The normalized spacial score (nSPS) is 13.7. The zero-order valence-corrected chi connectivity index (χ0v) is 25.9. The van der Waals surface area contributed by atoms with E-state index in [2.05, 4.69) is 33.0 Å². The molecular formula is C34H65NO3. The average Bonchev–Trinajstić information content (AvgIpc) is 2.87. The second-order valence-corrected chi connectivity index (χ2v) is 12.3. The Bertz CT molecular complexity index is 572. The Hall–Kier alpha value is -1.16. The standard InChI is InChI=1S/C34H65NO3/c1-5-7-9-11-13-14-15-16-17-18-20-22-26-32(27-24-25-31(28-30-36)33(37)38)35-34(3,4)29-23-21-19-12-10-8-6-2/h24-25,30-32,35H,5-23,26-29H2,1-4H3,(H,37,38)/b25-24+. The van der Waals surface area contributed by atoms with Gasteiger partial charge in [-0.3, -0.25) is 4.79 Å². The third-order valence-corrected chi connectivity index (χ3v) is 7.86. The number of nitrogens with one attached hydrogen (secondary N) is 1. The Kier molecular flexibility index (Phi) is 25.3. The molecule has 0 aliphatic carbocycles. The first-order valence-corrected chi connectivity index (χ1v) is 16.5. The van der Waals surface area contributed by atoms with Crippen molar-refractivity contribution in [2.75, 3.05) is 0 Å². The second-order valence-electron chi connectivity index (χ2n) is 12.3. The molecule has 0 heterocycles. The number of carbonyl (C=O) groups is 2. The van der Waals surface area contributed by atoms with Crippen LogP contribution in [0, 0.1) is 5.92 Å². The molecule has 224 valence electrons. The van der Waals surface area contributed by atoms with Crippen molar-refractivity contribution in [3.63, 3.8) is 0 Å². The predicted octanol–water partition coefficient (Wildman–Crippen LogP) is 10.2. The number of rotatable bonds is 29. The minimum absolute atomic E-state index is 0.0480. The van der Waals surface area contributed by atoms with Crippen LogP contribution in [-0.2, 0) is 9.59 Å². The lowest BCUT2D eigenvalue weighted by molar-refractivity contribution is -0.141. The lowest BCUT2D eigenvalue weighted by atomic mass is 9.92. The van der Waals surface area contributed by atoms with Crippen molar-refractivity contribution < 1.29 is 14.7 Å². The van der Waals surface area contributed by atoms with Crippen LogP contribution in [0.3, 0.4) is 0 Å². The monoisotopic (exact) mass is 535 g/mol. The van der Waals surface area contributed by atoms with Gasteiger partial charge in [0, 0.05) is 18.0 Å². The van der Waals surface area contributed by atoms with Crippen molar-refractivity contribution in [1.29, 1.82) is 0 Å². The zero-order chi connectivity index (χ0) is 28.3. The minimum Gasteiger partial charge on any atom is -0.481 e. The molecule has 0 bridgehead atoms. The molecule has 4 heteroatoms. The summed E-state index contributed by atoms with van der Waals surface area (Å²) in [5, 5.41) is 13.3. The highest BCUT2D eigenvalue weighted by molar-refractivity contribution is 5.75. The topological polar surface area (TPSA) is 66.4 Å². The SMILES string of the molecule is CCCCCCCCCCCCCCC(C/C=C/C(CC=O)C(=O)O)NC(C)(C)CCCCCCCCC. The zero-order valence-electron chi connectivity index (χ0n) is 25.9. The van der Waals surface area contributed by atoms with E-state index in [-0.39, 0.29) is 12.0 Å². The van der Waals surface area contributed by atoms with E-state index in [1.54, 1.807) is 6.08 Å². The van der Waals surface area contributed by atoms with Crippen molar-refractivity contribution >= 4 is 12.3 Å². The van der Waals surface area contributed by atoms with Crippen LogP contribution in [0.5, 0.6) is 0 Å². The molecule has 0 aliphatic heterocycles. The van der Waals surface area contributed by atoms with Gasteiger partial charge in [0.05, 0.1) is 5.92 Å². The lowest BCUT2D eigenvalue weighted by Gasteiger charge is -2.32. The number of hydrogen-bond donors (Lipinski definition) is 2. The Balaban J connectivity index is 4.46. The summed E-state index contributed by atoms with van der Waals surface area (Å²) in [5.41, 5.74) is 0.0774. The van der Waals surface area contributed by atoms with Crippen molar-refractivity contribution in [2.24, 2.45) is 5.92 Å². The van der Waals surface area contributed by atoms with Crippen LogP contribution in [0.15, 0.2) is 12.2 Å². The molecule has 2 atom stereocenters. The van der Waals surface area contributed by atoms with Gasteiger partial charge in [0.25, 0.3) is 0 Å². The highest BCUT2D eigenvalue weighted by Gasteiger charge is 2.21. The molecule has 0 saturated carbocycles. The second kappa shape index (κ2) is 26.1. The number of hydrogen-bond acceptors (Lipinski definition) is 3. The Morgan fingerprint density at radius 3 is 1.61 bits per heavy atom. The molecular weight excluding hydrogens is 470 g/mol. The van der Waals surface area contributed by atoms with E-state index < -0.39 is 11.9 Å². The van der Waals surface area contributed by atoms with E-state index in [9.17, 15) is 14.7 Å². The number of carboxylic acid groups (broad SMARTS) is 1. The molecule has 0 aromatic carbocycles. The molecule has 0 fully saturated rings. The van der Waals surface area contributed by atoms with Gasteiger partial charge in [-0.2, -0.15) is 0 Å². The Morgan fingerprint density at radius 2 is 1.16 bits per heavy atom. The maximum atomic E-state index is 11.4. The summed E-state index contributed by atoms with van der Waals surface area (Å²) in [6.45, 7) is 9.17. The lowest BCUT2D eigenvalue weighted by Crippen LogP contribution is -2.45. The summed E-state index contributed by atoms with van der Waals surface area (Å²) < 4.78 is 0. The fraction of sp³-hybridized carbons (Fsp3) is 0.882. The van der Waals surface area contributed by atoms with Gasteiger partial charge in [0.1, 0.15) is 6.29 Å². The van der Waals surface area contributed by atoms with Gasteiger partial charge in [-0.25, -0.2) is 0 Å². The molecule has 0 aromatic heterocycles. The minimum atomic E-state index is -0.918. The van der Waals surface area contributed by atoms with E-state index in [1.807, 2.05) is 6.08 Å². The van der Waals surface area contributed by atoms with E-state index in [1.165, 1.54) is 128 Å². The predicted molar refractivity (Wildman–Crippen MR) is 165 cm³/mol. The molecule has 2 unspecified atom stereocenters. The first-order chi connectivity index (χ1) is 18.4. The number of aldehydes is 1. The molecule has 2 N–H and O–H groups in total. The largest absolute Gasteiger partial charge is 0.481 e. The number of carboxylic acids is 1. The van der Waals surface area contributed by atoms with Crippen molar-refractivity contribution in [2.45, 2.75) is 187 Å². The number of aliphatic carboxylic acids is 1. The number of unbranched alkanes of at least 4 members (excludes halogenated alkanes) is 17. The summed E-state index contributed by atoms with van der Waals surface area (Å²) in [6, 6.07) is 0.347. The highest BCUT2D eigenvalue weighted by Crippen LogP contribution is 2.20. The highest BCUT2D eigenvalue weighted by atomic mass is 16.4. The quantitative estimate of drug-likeness (QED) is 0.0568. The first kappa shape index (κ1) is 36.8. The fourth-order valence-corrected chi connectivity index (χ4v) is 5.40.